The molecule has 12 rings (SSSR count). The maximum atomic E-state index is 15.3. The van der Waals surface area contributed by atoms with Crippen LogP contribution < -0.4 is 31.1 Å². The highest BCUT2D eigenvalue weighted by molar-refractivity contribution is 7.00. The van der Waals surface area contributed by atoms with Crippen LogP contribution in [0.4, 0.5) is 49.9 Å². The van der Waals surface area contributed by atoms with Crippen molar-refractivity contribution in [2.75, 3.05) is 14.7 Å². The number of rotatable bonds is 5. The summed E-state index contributed by atoms with van der Waals surface area (Å²) in [4.78, 5) is 7.73. The quantitative estimate of drug-likeness (QED) is 0.159. The molecule has 0 N–H and O–H groups in total. The van der Waals surface area contributed by atoms with Crippen molar-refractivity contribution in [1.82, 2.24) is 0 Å². The van der Waals surface area contributed by atoms with E-state index in [4.69, 9.17) is 0 Å². The molecule has 1 saturated carbocycles. The van der Waals surface area contributed by atoms with Crippen LogP contribution in [0.3, 0.4) is 0 Å². The summed E-state index contributed by atoms with van der Waals surface area (Å²) in [5.74, 6) is -0.158. The molecule has 5 heteroatoms. The third-order valence-electron chi connectivity index (χ3n) is 16.8. The van der Waals surface area contributed by atoms with Crippen LogP contribution >= 0.6 is 0 Å². The highest BCUT2D eigenvalue weighted by atomic mass is 19.1. The van der Waals surface area contributed by atoms with E-state index in [9.17, 15) is 0 Å². The maximum Gasteiger partial charge on any atom is 0.252 e. The fourth-order valence-corrected chi connectivity index (χ4v) is 12.9. The average Bonchev–Trinajstić information content (AvgIpc) is 3.55. The minimum Gasteiger partial charge on any atom is -0.334 e. The van der Waals surface area contributed by atoms with E-state index < -0.39 is 0 Å². The van der Waals surface area contributed by atoms with Crippen molar-refractivity contribution in [3.05, 3.63) is 198 Å². The van der Waals surface area contributed by atoms with Gasteiger partial charge in [0.1, 0.15) is 5.82 Å². The van der Waals surface area contributed by atoms with Crippen molar-refractivity contribution in [2.45, 2.75) is 110 Å². The molecule has 0 bridgehead atoms. The summed E-state index contributed by atoms with van der Waals surface area (Å²) >= 11 is 0. The van der Waals surface area contributed by atoms with Crippen LogP contribution in [-0.2, 0) is 16.2 Å². The van der Waals surface area contributed by atoms with E-state index in [0.717, 1.165) is 54.0 Å². The Kier molecular flexibility index (Phi) is 10.0. The van der Waals surface area contributed by atoms with E-state index in [1.54, 1.807) is 6.07 Å². The van der Waals surface area contributed by atoms with Gasteiger partial charge in [0, 0.05) is 50.8 Å². The summed E-state index contributed by atoms with van der Waals surface area (Å²) in [5, 5.41) is 0. The van der Waals surface area contributed by atoms with Gasteiger partial charge in [0.05, 0.1) is 11.2 Å². The number of fused-ring (bicyclic) bond motifs is 7. The first kappa shape index (κ1) is 44.4. The normalized spacial score (nSPS) is 19.1. The molecular weight excluding hydrogens is 853 g/mol. The van der Waals surface area contributed by atoms with E-state index in [0.29, 0.717) is 0 Å². The minimum atomic E-state index is -0.226. The molecule has 3 heterocycles. The summed E-state index contributed by atoms with van der Waals surface area (Å²) in [5.41, 5.74) is 22.5. The topological polar surface area (TPSA) is 9.72 Å². The number of nitrogens with zero attached hydrogens (tertiary/aromatic N) is 3. The Hall–Kier alpha value is -6.85. The molecule has 0 aromatic heterocycles. The number of aryl methyl sites for hydroxylation is 1. The molecule has 3 nitrogen and oxygen atoms in total. The van der Waals surface area contributed by atoms with Crippen molar-refractivity contribution in [2.24, 2.45) is 0 Å². The standard InChI is InChI=1S/C65H63BFN3/c1-42-36-59-61-60(37-42)69(55-32-25-47(63(5,6)7)39-51(55)44-20-14-11-15-21-44)57-38-45(43-18-12-10-13-19-43)22-30-53(57)66(61)54-31-29-50(41-58(54)68(59)49-27-23-46(24-28-49)62(2,3)4)70-56-33-26-48(67)40-52(56)64(8)34-16-17-35-65(64,70)9/h10-15,18-33,36-41H,16-17,34-35H2,1-9H3. The first-order valence-corrected chi connectivity index (χ1v) is 25.5. The zero-order valence-corrected chi connectivity index (χ0v) is 42.3. The third kappa shape index (κ3) is 6.74. The first-order chi connectivity index (χ1) is 33.5. The van der Waals surface area contributed by atoms with E-state index in [-0.39, 0.29) is 34.3 Å². The van der Waals surface area contributed by atoms with E-state index in [1.807, 2.05) is 12.1 Å². The van der Waals surface area contributed by atoms with Gasteiger partial charge < -0.3 is 14.7 Å². The lowest BCUT2D eigenvalue weighted by atomic mass is 9.33. The van der Waals surface area contributed by atoms with Crippen LogP contribution in [-0.4, -0.2) is 12.3 Å². The Bertz CT molecular complexity index is 3370. The number of anilines is 8. The van der Waals surface area contributed by atoms with E-state index >= 15 is 4.39 Å². The van der Waals surface area contributed by atoms with E-state index in [2.05, 4.69) is 229 Å². The van der Waals surface area contributed by atoms with Gasteiger partial charge in [0.25, 0.3) is 6.71 Å². The molecule has 3 aliphatic heterocycles. The zero-order valence-electron chi connectivity index (χ0n) is 42.3. The lowest BCUT2D eigenvalue weighted by molar-refractivity contribution is 0.194. The number of benzene rings is 8. The highest BCUT2D eigenvalue weighted by Gasteiger charge is 2.58. The predicted molar refractivity (Wildman–Crippen MR) is 296 cm³/mol. The predicted octanol–water partition coefficient (Wildman–Crippen LogP) is 15.9. The highest BCUT2D eigenvalue weighted by Crippen LogP contribution is 2.61. The van der Waals surface area contributed by atoms with Gasteiger partial charge in [-0.3, -0.25) is 0 Å². The lowest BCUT2D eigenvalue weighted by Crippen LogP contribution is -2.61. The largest absolute Gasteiger partial charge is 0.334 e. The Labute approximate surface area is 415 Å². The van der Waals surface area contributed by atoms with Gasteiger partial charge in [0.2, 0.25) is 0 Å². The monoisotopic (exact) mass is 916 g/mol. The second-order valence-corrected chi connectivity index (χ2v) is 23.2. The second-order valence-electron chi connectivity index (χ2n) is 23.2. The maximum absolute atomic E-state index is 15.3. The molecular formula is C65H63BFN3. The molecule has 8 aromatic carbocycles. The Morgan fingerprint density at radius 1 is 0.486 bits per heavy atom. The molecule has 8 aromatic rings. The SMILES string of the molecule is Cc1cc2c3c(c1)N(c1ccc(C(C)(C)C)cc1-c1ccccc1)c1cc(-c4ccccc4)ccc1B3c1ccc(N3c4ccc(F)cc4C4(C)CCCCC34C)cc1N2c1ccc(C(C)(C)C)cc1. The third-order valence-corrected chi connectivity index (χ3v) is 16.8. The summed E-state index contributed by atoms with van der Waals surface area (Å²) in [6, 6.07) is 63.1. The molecule has 0 amide bonds. The van der Waals surface area contributed by atoms with Gasteiger partial charge >= 0.3 is 0 Å². The summed E-state index contributed by atoms with van der Waals surface area (Å²) in [6.45, 7) is 20.8. The van der Waals surface area contributed by atoms with Crippen molar-refractivity contribution in [3.63, 3.8) is 0 Å². The lowest BCUT2D eigenvalue weighted by Gasteiger charge is -2.50. The van der Waals surface area contributed by atoms with Crippen LogP contribution in [0.5, 0.6) is 0 Å². The van der Waals surface area contributed by atoms with E-state index in [1.165, 1.54) is 78.1 Å². The van der Waals surface area contributed by atoms with Crippen LogP contribution in [0.15, 0.2) is 170 Å². The fraction of sp³-hybridized carbons (Fsp3) is 0.262. The molecule has 70 heavy (non-hydrogen) atoms. The fourth-order valence-electron chi connectivity index (χ4n) is 12.9. The van der Waals surface area contributed by atoms with Crippen LogP contribution in [0.2, 0.25) is 0 Å². The van der Waals surface area contributed by atoms with Crippen LogP contribution in [0.25, 0.3) is 22.3 Å². The average molecular weight is 916 g/mol. The Balaban J connectivity index is 1.15. The minimum absolute atomic E-state index is 0.00558. The molecule has 0 radical (unpaired) electrons. The molecule has 348 valence electrons. The van der Waals surface area contributed by atoms with Crippen molar-refractivity contribution in [1.29, 1.82) is 0 Å². The molecule has 2 atom stereocenters. The van der Waals surface area contributed by atoms with Crippen molar-refractivity contribution < 1.29 is 4.39 Å². The first-order valence-electron chi connectivity index (χ1n) is 25.5. The smallest absolute Gasteiger partial charge is 0.252 e. The van der Waals surface area contributed by atoms with Gasteiger partial charge in [-0.05, 0) is 166 Å². The van der Waals surface area contributed by atoms with Gasteiger partial charge in [-0.25, -0.2) is 4.39 Å². The van der Waals surface area contributed by atoms with Crippen molar-refractivity contribution >= 4 is 68.6 Å². The summed E-state index contributed by atoms with van der Waals surface area (Å²) < 4.78 is 15.3. The Morgan fingerprint density at radius 2 is 1.07 bits per heavy atom. The molecule has 0 saturated heterocycles. The van der Waals surface area contributed by atoms with Gasteiger partial charge in [-0.15, -0.1) is 0 Å². The Morgan fingerprint density at radius 3 is 1.76 bits per heavy atom. The zero-order chi connectivity index (χ0) is 48.5. The summed E-state index contributed by atoms with van der Waals surface area (Å²) in [7, 11) is 0. The van der Waals surface area contributed by atoms with Gasteiger partial charge in [0.15, 0.2) is 0 Å². The van der Waals surface area contributed by atoms with Crippen LogP contribution in [0, 0.1) is 12.7 Å². The molecule has 2 unspecified atom stereocenters. The molecule has 1 aliphatic carbocycles. The molecule has 1 fully saturated rings. The molecule has 4 aliphatic rings. The van der Waals surface area contributed by atoms with Gasteiger partial charge in [-0.2, -0.15) is 0 Å². The second kappa shape index (κ2) is 15.8. The molecule has 0 spiro atoms. The number of halogens is 1. The van der Waals surface area contributed by atoms with Crippen LogP contribution in [0.1, 0.15) is 103 Å². The van der Waals surface area contributed by atoms with Gasteiger partial charge in [-0.1, -0.05) is 158 Å². The number of hydrogen-bond acceptors (Lipinski definition) is 3. The summed E-state index contributed by atoms with van der Waals surface area (Å²) in [6.07, 6.45) is 4.37. The number of hydrogen-bond donors (Lipinski definition) is 0. The van der Waals surface area contributed by atoms with Crippen molar-refractivity contribution in [3.8, 4) is 22.3 Å².